The maximum absolute atomic E-state index is 3.69. The molecule has 2 unspecified atom stereocenters. The van der Waals surface area contributed by atoms with E-state index in [4.69, 9.17) is 0 Å². The minimum Gasteiger partial charge on any atom is -0.309 e. The Bertz CT molecular complexity index is 201. The van der Waals surface area contributed by atoms with Crippen molar-refractivity contribution in [3.8, 4) is 0 Å². The molecule has 0 spiro atoms. The van der Waals surface area contributed by atoms with Gasteiger partial charge in [0.25, 0.3) is 0 Å². The van der Waals surface area contributed by atoms with E-state index in [2.05, 4.69) is 44.8 Å². The first-order chi connectivity index (χ1) is 7.54. The highest BCUT2D eigenvalue weighted by Gasteiger charge is 2.32. The summed E-state index contributed by atoms with van der Waals surface area (Å²) in [5, 5.41) is 3.69. The van der Waals surface area contributed by atoms with Crippen molar-refractivity contribution in [2.45, 2.75) is 65.5 Å². The topological polar surface area (TPSA) is 15.3 Å². The second-order valence-electron chi connectivity index (χ2n) is 5.76. The van der Waals surface area contributed by atoms with Gasteiger partial charge in [0, 0.05) is 31.2 Å². The van der Waals surface area contributed by atoms with Gasteiger partial charge in [-0.2, -0.15) is 0 Å². The molecule has 0 amide bonds. The van der Waals surface area contributed by atoms with Crippen molar-refractivity contribution < 1.29 is 0 Å². The van der Waals surface area contributed by atoms with Crippen molar-refractivity contribution in [2.75, 3.05) is 19.6 Å². The molecule has 1 saturated heterocycles. The Morgan fingerprint density at radius 1 is 1.31 bits per heavy atom. The smallest absolute Gasteiger partial charge is 0.0278 e. The van der Waals surface area contributed by atoms with E-state index in [0.717, 1.165) is 12.5 Å². The van der Waals surface area contributed by atoms with Gasteiger partial charge in [-0.15, -0.1) is 0 Å². The fourth-order valence-corrected chi connectivity index (χ4v) is 2.54. The summed E-state index contributed by atoms with van der Waals surface area (Å²) in [6, 6.07) is 0.695. The number of piperazine rings is 1. The van der Waals surface area contributed by atoms with Crippen molar-refractivity contribution in [3.05, 3.63) is 0 Å². The van der Waals surface area contributed by atoms with Crippen molar-refractivity contribution in [2.24, 2.45) is 5.92 Å². The third-order valence-corrected chi connectivity index (χ3v) is 4.43. The van der Waals surface area contributed by atoms with E-state index >= 15 is 0 Å². The molecule has 1 aliphatic rings. The Balaban J connectivity index is 2.55. The summed E-state index contributed by atoms with van der Waals surface area (Å²) in [6.07, 6.45) is 3.85. The van der Waals surface area contributed by atoms with Gasteiger partial charge in [0.15, 0.2) is 0 Å². The van der Waals surface area contributed by atoms with E-state index in [0.29, 0.717) is 11.6 Å². The average molecular weight is 226 g/mol. The molecule has 0 bridgehead atoms. The minimum absolute atomic E-state index is 0.332. The normalized spacial score (nSPS) is 32.2. The standard InChI is InChI=1S/C14H30N2/c1-6-13(7-2)10-16-11-14(5,8-3)15-9-12(16)4/h12-13,15H,6-11H2,1-5H3. The number of hydrogen-bond acceptors (Lipinski definition) is 2. The van der Waals surface area contributed by atoms with Gasteiger partial charge in [-0.3, -0.25) is 4.90 Å². The number of nitrogens with one attached hydrogen (secondary N) is 1. The lowest BCUT2D eigenvalue weighted by atomic mass is 9.92. The van der Waals surface area contributed by atoms with Gasteiger partial charge < -0.3 is 5.32 Å². The first-order valence-corrected chi connectivity index (χ1v) is 7.03. The molecule has 1 N–H and O–H groups in total. The third kappa shape index (κ3) is 3.46. The lowest BCUT2D eigenvalue weighted by Crippen LogP contribution is -2.62. The van der Waals surface area contributed by atoms with Gasteiger partial charge >= 0.3 is 0 Å². The van der Waals surface area contributed by atoms with Crippen LogP contribution in [0.2, 0.25) is 0 Å². The lowest BCUT2D eigenvalue weighted by Gasteiger charge is -2.46. The van der Waals surface area contributed by atoms with Crippen molar-refractivity contribution >= 4 is 0 Å². The van der Waals surface area contributed by atoms with E-state index in [1.54, 1.807) is 0 Å². The Morgan fingerprint density at radius 3 is 2.44 bits per heavy atom. The van der Waals surface area contributed by atoms with Gasteiger partial charge in [-0.1, -0.05) is 33.6 Å². The molecule has 1 heterocycles. The largest absolute Gasteiger partial charge is 0.309 e. The highest BCUT2D eigenvalue weighted by atomic mass is 15.2. The van der Waals surface area contributed by atoms with Gasteiger partial charge in [0.05, 0.1) is 0 Å². The van der Waals surface area contributed by atoms with Crippen LogP contribution in [-0.2, 0) is 0 Å². The summed E-state index contributed by atoms with van der Waals surface area (Å²) < 4.78 is 0. The van der Waals surface area contributed by atoms with Crippen molar-refractivity contribution in [1.29, 1.82) is 0 Å². The maximum Gasteiger partial charge on any atom is 0.0278 e. The molecule has 0 aromatic rings. The molecule has 1 aliphatic heterocycles. The maximum atomic E-state index is 3.69. The predicted octanol–water partition coefficient (Wildman–Crippen LogP) is 2.89. The van der Waals surface area contributed by atoms with Crippen LogP contribution in [0.4, 0.5) is 0 Å². The zero-order valence-electron chi connectivity index (χ0n) is 11.8. The lowest BCUT2D eigenvalue weighted by molar-refractivity contribution is 0.0763. The van der Waals surface area contributed by atoms with Crippen LogP contribution in [-0.4, -0.2) is 36.1 Å². The molecule has 0 saturated carbocycles. The fourth-order valence-electron chi connectivity index (χ4n) is 2.54. The molecule has 2 nitrogen and oxygen atoms in total. The molecule has 2 atom stereocenters. The Hall–Kier alpha value is -0.0800. The van der Waals surface area contributed by atoms with Crippen LogP contribution >= 0.6 is 0 Å². The third-order valence-electron chi connectivity index (χ3n) is 4.43. The predicted molar refractivity (Wildman–Crippen MR) is 71.8 cm³/mol. The van der Waals surface area contributed by atoms with Crippen LogP contribution in [0.5, 0.6) is 0 Å². The van der Waals surface area contributed by atoms with Crippen LogP contribution in [0.3, 0.4) is 0 Å². The first kappa shape index (κ1) is 14.0. The second kappa shape index (κ2) is 6.02. The summed E-state index contributed by atoms with van der Waals surface area (Å²) in [6.45, 7) is 15.3. The quantitative estimate of drug-likeness (QED) is 0.775. The molecular formula is C14H30N2. The summed E-state index contributed by atoms with van der Waals surface area (Å²) in [5.74, 6) is 0.877. The Labute approximate surface area is 102 Å². The summed E-state index contributed by atoms with van der Waals surface area (Å²) in [4.78, 5) is 2.69. The summed E-state index contributed by atoms with van der Waals surface area (Å²) in [7, 11) is 0. The zero-order valence-corrected chi connectivity index (χ0v) is 11.8. The van der Waals surface area contributed by atoms with Crippen LogP contribution < -0.4 is 5.32 Å². The fraction of sp³-hybridized carbons (Fsp3) is 1.00. The van der Waals surface area contributed by atoms with E-state index in [1.807, 2.05) is 0 Å². The molecule has 0 aromatic carbocycles. The minimum atomic E-state index is 0.332. The SMILES string of the molecule is CCC(CC)CN1CC(C)(CC)NCC1C. The molecule has 0 radical (unpaired) electrons. The zero-order chi connectivity index (χ0) is 12.2. The van der Waals surface area contributed by atoms with Crippen LogP contribution in [0, 0.1) is 5.92 Å². The molecule has 2 heteroatoms. The molecule has 96 valence electrons. The molecular weight excluding hydrogens is 196 g/mol. The van der Waals surface area contributed by atoms with E-state index in [1.165, 1.54) is 32.4 Å². The molecule has 1 fully saturated rings. The average Bonchev–Trinajstić information content (AvgIpc) is 2.30. The summed E-state index contributed by atoms with van der Waals surface area (Å²) in [5.41, 5.74) is 0.332. The van der Waals surface area contributed by atoms with Gasteiger partial charge in [0.2, 0.25) is 0 Å². The molecule has 16 heavy (non-hydrogen) atoms. The van der Waals surface area contributed by atoms with Gasteiger partial charge in [-0.05, 0) is 26.2 Å². The van der Waals surface area contributed by atoms with Crippen molar-refractivity contribution in [1.82, 2.24) is 10.2 Å². The van der Waals surface area contributed by atoms with E-state index in [-0.39, 0.29) is 0 Å². The Morgan fingerprint density at radius 2 is 1.94 bits per heavy atom. The highest BCUT2D eigenvalue weighted by Crippen LogP contribution is 2.21. The van der Waals surface area contributed by atoms with Gasteiger partial charge in [-0.25, -0.2) is 0 Å². The number of hydrogen-bond donors (Lipinski definition) is 1. The van der Waals surface area contributed by atoms with Crippen LogP contribution in [0.15, 0.2) is 0 Å². The first-order valence-electron chi connectivity index (χ1n) is 7.03. The Kier molecular flexibility index (Phi) is 5.26. The van der Waals surface area contributed by atoms with E-state index < -0.39 is 0 Å². The number of nitrogens with zero attached hydrogens (tertiary/aromatic N) is 1. The highest BCUT2D eigenvalue weighted by molar-refractivity contribution is 4.93. The van der Waals surface area contributed by atoms with Crippen LogP contribution in [0.1, 0.15) is 53.9 Å². The summed E-state index contributed by atoms with van der Waals surface area (Å²) >= 11 is 0. The number of rotatable bonds is 5. The van der Waals surface area contributed by atoms with Crippen LogP contribution in [0.25, 0.3) is 0 Å². The van der Waals surface area contributed by atoms with E-state index in [9.17, 15) is 0 Å². The monoisotopic (exact) mass is 226 g/mol. The molecule has 0 aromatic heterocycles. The molecule has 1 rings (SSSR count). The second-order valence-corrected chi connectivity index (χ2v) is 5.76. The van der Waals surface area contributed by atoms with Crippen molar-refractivity contribution in [3.63, 3.8) is 0 Å². The molecule has 0 aliphatic carbocycles. The van der Waals surface area contributed by atoms with Gasteiger partial charge in [0.1, 0.15) is 0 Å².